The third-order valence-corrected chi connectivity index (χ3v) is 3.61. The maximum absolute atomic E-state index is 12.9. The molecule has 0 saturated carbocycles. The van der Waals surface area contributed by atoms with Gasteiger partial charge in [-0.2, -0.15) is 13.2 Å². The van der Waals surface area contributed by atoms with Crippen LogP contribution in [0.15, 0.2) is 42.5 Å². The molecule has 0 fully saturated rings. The number of halogens is 3. The fraction of sp³-hybridized carbons (Fsp3) is 0.133. The van der Waals surface area contributed by atoms with Crippen LogP contribution < -0.4 is 4.72 Å². The van der Waals surface area contributed by atoms with Crippen molar-refractivity contribution in [3.8, 4) is 11.1 Å². The van der Waals surface area contributed by atoms with Crippen molar-refractivity contribution in [1.82, 2.24) is 0 Å². The van der Waals surface area contributed by atoms with Crippen LogP contribution in [0, 0.1) is 0 Å². The molecule has 2 aromatic carbocycles. The quantitative estimate of drug-likeness (QED) is 0.876. The summed E-state index contributed by atoms with van der Waals surface area (Å²) in [5.41, 5.74) is -1.19. The summed E-state index contributed by atoms with van der Waals surface area (Å²) in [7, 11) is -3.55. The molecule has 0 aliphatic heterocycles. The van der Waals surface area contributed by atoms with Gasteiger partial charge < -0.3 is 5.11 Å². The Labute approximate surface area is 135 Å². The van der Waals surface area contributed by atoms with Crippen molar-refractivity contribution in [1.29, 1.82) is 0 Å². The molecule has 0 amide bonds. The van der Waals surface area contributed by atoms with E-state index in [1.54, 1.807) is 0 Å². The minimum atomic E-state index is -4.71. The average Bonchev–Trinajstić information content (AvgIpc) is 2.44. The Bertz CT molecular complexity index is 892. The van der Waals surface area contributed by atoms with E-state index in [0.717, 1.165) is 18.4 Å². The van der Waals surface area contributed by atoms with Crippen molar-refractivity contribution in [2.45, 2.75) is 6.18 Å². The Balaban J connectivity index is 2.57. The van der Waals surface area contributed by atoms with Crippen molar-refractivity contribution in [2.24, 2.45) is 0 Å². The first kappa shape index (κ1) is 17.8. The molecule has 128 valence electrons. The largest absolute Gasteiger partial charge is 0.478 e. The maximum atomic E-state index is 12.9. The zero-order valence-corrected chi connectivity index (χ0v) is 13.1. The molecular formula is C15H12F3NO4S. The SMILES string of the molecule is CS(=O)(=O)Nc1cccc(-c2cc(C(=O)O)cc(C(F)(F)F)c2)c1. The van der Waals surface area contributed by atoms with E-state index >= 15 is 0 Å². The summed E-state index contributed by atoms with van der Waals surface area (Å²) in [6, 6.07) is 8.10. The summed E-state index contributed by atoms with van der Waals surface area (Å²) in [4.78, 5) is 11.1. The van der Waals surface area contributed by atoms with Gasteiger partial charge in [-0.3, -0.25) is 4.72 Å². The molecule has 0 aliphatic carbocycles. The zero-order chi connectivity index (χ0) is 18.1. The van der Waals surface area contributed by atoms with E-state index in [9.17, 15) is 26.4 Å². The molecule has 0 heterocycles. The lowest BCUT2D eigenvalue weighted by atomic mass is 9.99. The molecule has 0 bridgehead atoms. The minimum absolute atomic E-state index is 0.0133. The van der Waals surface area contributed by atoms with Crippen molar-refractivity contribution < 1.29 is 31.5 Å². The van der Waals surface area contributed by atoms with E-state index in [1.165, 1.54) is 24.3 Å². The topological polar surface area (TPSA) is 83.5 Å². The molecule has 0 aromatic heterocycles. The predicted molar refractivity (Wildman–Crippen MR) is 82.3 cm³/mol. The van der Waals surface area contributed by atoms with Gasteiger partial charge in [-0.1, -0.05) is 12.1 Å². The van der Waals surface area contributed by atoms with Crippen LogP contribution in [0.2, 0.25) is 0 Å². The molecule has 0 atom stereocenters. The Hall–Kier alpha value is -2.55. The number of rotatable bonds is 4. The van der Waals surface area contributed by atoms with E-state index in [2.05, 4.69) is 4.72 Å². The van der Waals surface area contributed by atoms with Crippen molar-refractivity contribution in [3.63, 3.8) is 0 Å². The normalized spacial score (nSPS) is 12.0. The van der Waals surface area contributed by atoms with E-state index < -0.39 is 33.3 Å². The predicted octanol–water partition coefficient (Wildman–Crippen LogP) is 3.44. The van der Waals surface area contributed by atoms with Crippen molar-refractivity contribution in [2.75, 3.05) is 11.0 Å². The lowest BCUT2D eigenvalue weighted by Crippen LogP contribution is -2.09. The van der Waals surface area contributed by atoms with Crippen LogP contribution in [0.5, 0.6) is 0 Å². The second kappa shape index (κ2) is 6.16. The first-order valence-electron chi connectivity index (χ1n) is 6.49. The first-order valence-corrected chi connectivity index (χ1v) is 8.39. The molecular weight excluding hydrogens is 347 g/mol. The maximum Gasteiger partial charge on any atom is 0.416 e. The van der Waals surface area contributed by atoms with Crippen LogP contribution in [0.4, 0.5) is 18.9 Å². The molecule has 0 aliphatic rings. The highest BCUT2D eigenvalue weighted by atomic mass is 32.2. The smallest absolute Gasteiger partial charge is 0.416 e. The fourth-order valence-corrected chi connectivity index (χ4v) is 2.61. The highest BCUT2D eigenvalue weighted by molar-refractivity contribution is 7.92. The summed E-state index contributed by atoms with van der Waals surface area (Å²) in [5, 5.41) is 8.99. The van der Waals surface area contributed by atoms with Gasteiger partial charge in [0.15, 0.2) is 0 Å². The number of carboxylic acid groups (broad SMARTS) is 1. The third kappa shape index (κ3) is 4.48. The third-order valence-electron chi connectivity index (χ3n) is 3.01. The van der Waals surface area contributed by atoms with Crippen LogP contribution >= 0.6 is 0 Å². The number of benzene rings is 2. The van der Waals surface area contributed by atoms with E-state index in [0.29, 0.717) is 6.07 Å². The summed E-state index contributed by atoms with van der Waals surface area (Å²) >= 11 is 0. The Morgan fingerprint density at radius 2 is 1.75 bits per heavy atom. The zero-order valence-electron chi connectivity index (χ0n) is 12.3. The van der Waals surface area contributed by atoms with Gasteiger partial charge in [0.2, 0.25) is 10.0 Å². The standard InChI is InChI=1S/C15H12F3NO4S/c1-24(22,23)19-13-4-2-3-9(8-13)10-5-11(14(20)21)7-12(6-10)15(16,17)18/h2-8,19H,1H3,(H,20,21). The molecule has 24 heavy (non-hydrogen) atoms. The van der Waals surface area contributed by atoms with Gasteiger partial charge in [0.05, 0.1) is 17.4 Å². The van der Waals surface area contributed by atoms with Crippen LogP contribution in [0.25, 0.3) is 11.1 Å². The van der Waals surface area contributed by atoms with Gasteiger partial charge in [-0.25, -0.2) is 13.2 Å². The number of nitrogens with one attached hydrogen (secondary N) is 1. The molecule has 0 saturated heterocycles. The Morgan fingerprint density at radius 3 is 2.29 bits per heavy atom. The highest BCUT2D eigenvalue weighted by Gasteiger charge is 2.32. The number of carbonyl (C=O) groups is 1. The lowest BCUT2D eigenvalue weighted by Gasteiger charge is -2.12. The van der Waals surface area contributed by atoms with Gasteiger partial charge in [0, 0.05) is 5.69 Å². The van der Waals surface area contributed by atoms with Crippen LogP contribution in [-0.4, -0.2) is 25.7 Å². The fourth-order valence-electron chi connectivity index (χ4n) is 2.06. The molecule has 2 N–H and O–H groups in total. The number of carboxylic acids is 1. The van der Waals surface area contributed by atoms with E-state index in [-0.39, 0.29) is 16.8 Å². The second-order valence-corrected chi connectivity index (χ2v) is 6.81. The summed E-state index contributed by atoms with van der Waals surface area (Å²) in [6.07, 6.45) is -3.77. The minimum Gasteiger partial charge on any atom is -0.478 e. The Kier molecular flexibility index (Phi) is 4.57. The average molecular weight is 359 g/mol. The van der Waals surface area contributed by atoms with E-state index in [1.807, 2.05) is 0 Å². The highest BCUT2D eigenvalue weighted by Crippen LogP contribution is 2.34. The van der Waals surface area contributed by atoms with Gasteiger partial charge in [-0.05, 0) is 41.5 Å². The van der Waals surface area contributed by atoms with Gasteiger partial charge >= 0.3 is 12.1 Å². The number of alkyl halides is 3. The van der Waals surface area contributed by atoms with Crippen LogP contribution in [-0.2, 0) is 16.2 Å². The van der Waals surface area contributed by atoms with Gasteiger partial charge in [0.1, 0.15) is 0 Å². The number of hydrogen-bond acceptors (Lipinski definition) is 3. The van der Waals surface area contributed by atoms with Gasteiger partial charge in [0.25, 0.3) is 0 Å². The molecule has 2 aromatic rings. The molecule has 2 rings (SSSR count). The van der Waals surface area contributed by atoms with E-state index in [4.69, 9.17) is 5.11 Å². The van der Waals surface area contributed by atoms with Crippen LogP contribution in [0.1, 0.15) is 15.9 Å². The molecule has 0 spiro atoms. The van der Waals surface area contributed by atoms with Gasteiger partial charge in [-0.15, -0.1) is 0 Å². The summed E-state index contributed by atoms with van der Waals surface area (Å²) in [6.45, 7) is 0. The monoisotopic (exact) mass is 359 g/mol. The number of anilines is 1. The number of hydrogen-bond donors (Lipinski definition) is 2. The molecule has 9 heteroatoms. The lowest BCUT2D eigenvalue weighted by molar-refractivity contribution is -0.137. The first-order chi connectivity index (χ1) is 11.0. The molecule has 0 unspecified atom stereocenters. The second-order valence-electron chi connectivity index (χ2n) is 5.06. The van der Waals surface area contributed by atoms with Crippen molar-refractivity contribution in [3.05, 3.63) is 53.6 Å². The summed E-state index contributed by atoms with van der Waals surface area (Å²) < 4.78 is 63.5. The Morgan fingerprint density at radius 1 is 1.08 bits per heavy atom. The molecule has 5 nitrogen and oxygen atoms in total. The molecule has 0 radical (unpaired) electrons. The van der Waals surface area contributed by atoms with Crippen molar-refractivity contribution >= 4 is 21.7 Å². The van der Waals surface area contributed by atoms with Crippen LogP contribution in [0.3, 0.4) is 0 Å². The number of aromatic carboxylic acids is 1. The summed E-state index contributed by atoms with van der Waals surface area (Å²) in [5.74, 6) is -1.49. The number of sulfonamides is 1.